The molecule has 3 unspecified atom stereocenters. The van der Waals surface area contributed by atoms with Gasteiger partial charge in [0.2, 0.25) is 0 Å². The normalized spacial score (nSPS) is 26.5. The van der Waals surface area contributed by atoms with Gasteiger partial charge in [0.25, 0.3) is 0 Å². The van der Waals surface area contributed by atoms with Crippen molar-refractivity contribution in [2.75, 3.05) is 27.3 Å². The van der Waals surface area contributed by atoms with E-state index >= 15 is 0 Å². The Kier molecular flexibility index (Phi) is 5.88. The van der Waals surface area contributed by atoms with Crippen LogP contribution in [0.4, 0.5) is 4.79 Å². The van der Waals surface area contributed by atoms with Crippen LogP contribution < -0.4 is 20.5 Å². The van der Waals surface area contributed by atoms with Gasteiger partial charge in [-0.15, -0.1) is 0 Å². The summed E-state index contributed by atoms with van der Waals surface area (Å²) in [5, 5.41) is 11.5. The molecule has 1 amide bonds. The second kappa shape index (κ2) is 8.14. The second-order valence-electron chi connectivity index (χ2n) is 7.18. The van der Waals surface area contributed by atoms with E-state index in [1.54, 1.807) is 14.2 Å². The summed E-state index contributed by atoms with van der Waals surface area (Å²) in [6.45, 7) is 1.52. The van der Waals surface area contributed by atoms with Crippen LogP contribution >= 0.6 is 0 Å². The van der Waals surface area contributed by atoms with E-state index < -0.39 is 6.09 Å². The fraction of sp³-hybridized carbons (Fsp3) is 0.632. The molecule has 7 heteroatoms. The third-order valence-electron chi connectivity index (χ3n) is 5.22. The summed E-state index contributed by atoms with van der Waals surface area (Å²) in [7, 11) is 3.27. The Morgan fingerprint density at radius 2 is 1.88 bits per heavy atom. The van der Waals surface area contributed by atoms with E-state index in [9.17, 15) is 4.79 Å². The van der Waals surface area contributed by atoms with Crippen LogP contribution in [-0.2, 0) is 6.42 Å². The van der Waals surface area contributed by atoms with Crippen molar-refractivity contribution in [2.24, 2.45) is 5.73 Å². The zero-order valence-electron chi connectivity index (χ0n) is 15.5. The molecule has 1 aliphatic carbocycles. The number of hydrogen-bond acceptors (Lipinski definition) is 5. The quantitative estimate of drug-likeness (QED) is 0.761. The Bertz CT molecular complexity index is 647. The van der Waals surface area contributed by atoms with E-state index in [1.807, 2.05) is 12.1 Å². The van der Waals surface area contributed by atoms with Crippen molar-refractivity contribution in [1.82, 2.24) is 10.2 Å². The van der Waals surface area contributed by atoms with Crippen LogP contribution in [-0.4, -0.2) is 55.5 Å². The molecule has 4 N–H and O–H groups in total. The summed E-state index contributed by atoms with van der Waals surface area (Å²) < 4.78 is 10.8. The third-order valence-corrected chi connectivity index (χ3v) is 5.22. The largest absolute Gasteiger partial charge is 0.493 e. The van der Waals surface area contributed by atoms with Crippen LogP contribution in [0.2, 0.25) is 0 Å². The fourth-order valence-corrected chi connectivity index (χ4v) is 3.70. The van der Waals surface area contributed by atoms with Crippen molar-refractivity contribution in [3.05, 3.63) is 23.3 Å². The summed E-state index contributed by atoms with van der Waals surface area (Å²) in [4.78, 5) is 13.2. The summed E-state index contributed by atoms with van der Waals surface area (Å²) in [6, 6.07) is 3.83. The Labute approximate surface area is 154 Å². The fourth-order valence-electron chi connectivity index (χ4n) is 3.70. The highest BCUT2D eigenvalue weighted by Crippen LogP contribution is 2.41. The van der Waals surface area contributed by atoms with Gasteiger partial charge in [0, 0.05) is 25.2 Å². The minimum atomic E-state index is -1.02. The number of methoxy groups -OCH3 is 2. The molecule has 0 aromatic heterocycles. The maximum atomic E-state index is 10.9. The maximum Gasteiger partial charge on any atom is 0.404 e. The number of nitrogens with zero attached hydrogens (tertiary/aromatic N) is 1. The van der Waals surface area contributed by atoms with Gasteiger partial charge in [-0.1, -0.05) is 19.3 Å². The van der Waals surface area contributed by atoms with Gasteiger partial charge in [0.15, 0.2) is 11.5 Å². The van der Waals surface area contributed by atoms with Crippen LogP contribution in [0.3, 0.4) is 0 Å². The Balaban J connectivity index is 0.000000592. The van der Waals surface area contributed by atoms with Gasteiger partial charge >= 0.3 is 6.09 Å². The number of piperidine rings is 1. The molecule has 4 rings (SSSR count). The van der Waals surface area contributed by atoms with Gasteiger partial charge in [-0.2, -0.15) is 0 Å². The van der Waals surface area contributed by atoms with Crippen LogP contribution in [0.5, 0.6) is 11.5 Å². The Morgan fingerprint density at radius 1 is 1.23 bits per heavy atom. The number of nitrogens with one attached hydrogen (secondary N) is 1. The molecular weight excluding hydrogens is 334 g/mol. The molecule has 2 aliphatic heterocycles. The molecule has 0 radical (unpaired) electrons. The van der Waals surface area contributed by atoms with Crippen LogP contribution in [0, 0.1) is 0 Å². The van der Waals surface area contributed by atoms with E-state index in [1.165, 1.54) is 30.4 Å². The predicted octanol–water partition coefficient (Wildman–Crippen LogP) is 2.14. The smallest absolute Gasteiger partial charge is 0.404 e. The monoisotopic (exact) mass is 363 g/mol. The van der Waals surface area contributed by atoms with Gasteiger partial charge in [0.1, 0.15) is 0 Å². The molecule has 0 bridgehead atoms. The SMILES string of the molecule is C1CC1.COc1cc2c(cc1OC)C1CC(N)C(NC(=O)O)CN1CC2. The number of amides is 1. The molecule has 0 spiro atoms. The number of ether oxygens (including phenoxy) is 2. The molecule has 144 valence electrons. The van der Waals surface area contributed by atoms with Gasteiger partial charge in [-0.25, -0.2) is 4.79 Å². The molecule has 3 atom stereocenters. The first kappa shape index (κ1) is 18.8. The highest BCUT2D eigenvalue weighted by Gasteiger charge is 2.38. The lowest BCUT2D eigenvalue weighted by Gasteiger charge is -2.46. The number of benzene rings is 1. The van der Waals surface area contributed by atoms with Crippen LogP contribution in [0.25, 0.3) is 0 Å². The van der Waals surface area contributed by atoms with E-state index in [-0.39, 0.29) is 18.1 Å². The number of nitrogens with two attached hydrogens (primary N) is 1. The predicted molar refractivity (Wildman–Crippen MR) is 99.0 cm³/mol. The van der Waals surface area contributed by atoms with Gasteiger partial charge in [0.05, 0.1) is 20.3 Å². The van der Waals surface area contributed by atoms with Gasteiger partial charge in [-0.05, 0) is 36.1 Å². The summed E-state index contributed by atoms with van der Waals surface area (Å²) in [6.07, 6.45) is 5.10. The lowest BCUT2D eigenvalue weighted by molar-refractivity contribution is 0.0957. The third kappa shape index (κ3) is 4.22. The first-order valence-electron chi connectivity index (χ1n) is 9.27. The number of hydrogen-bond donors (Lipinski definition) is 3. The van der Waals surface area contributed by atoms with Crippen molar-refractivity contribution in [3.63, 3.8) is 0 Å². The maximum absolute atomic E-state index is 10.9. The highest BCUT2D eigenvalue weighted by molar-refractivity contribution is 5.65. The second-order valence-corrected chi connectivity index (χ2v) is 7.18. The summed E-state index contributed by atoms with van der Waals surface area (Å²) in [5.74, 6) is 1.46. The standard InChI is InChI=1S/C16H23N3O4.C3H6/c1-22-14-5-9-3-4-19-8-12(18-16(20)21)11(17)7-13(19)10(9)6-15(14)23-2;1-2-3-1/h5-6,11-13,18H,3-4,7-8,17H2,1-2H3,(H,20,21);1-3H2. The van der Waals surface area contributed by atoms with Crippen LogP contribution in [0.1, 0.15) is 42.9 Å². The van der Waals surface area contributed by atoms with Gasteiger partial charge < -0.3 is 25.6 Å². The number of rotatable bonds is 3. The van der Waals surface area contributed by atoms with E-state index in [2.05, 4.69) is 10.2 Å². The molecule has 2 fully saturated rings. The van der Waals surface area contributed by atoms with Crippen molar-refractivity contribution >= 4 is 6.09 Å². The number of carboxylic acid groups (broad SMARTS) is 1. The molecule has 1 saturated heterocycles. The van der Waals surface area contributed by atoms with E-state index in [0.29, 0.717) is 18.7 Å². The Morgan fingerprint density at radius 3 is 2.46 bits per heavy atom. The molecule has 26 heavy (non-hydrogen) atoms. The summed E-state index contributed by atoms with van der Waals surface area (Å²) >= 11 is 0. The lowest BCUT2D eigenvalue weighted by atomic mass is 9.83. The van der Waals surface area contributed by atoms with Crippen molar-refractivity contribution in [1.29, 1.82) is 0 Å². The van der Waals surface area contributed by atoms with Crippen molar-refractivity contribution in [3.8, 4) is 11.5 Å². The average Bonchev–Trinajstić information content (AvgIpc) is 3.50. The topological polar surface area (TPSA) is 97.1 Å². The lowest BCUT2D eigenvalue weighted by Crippen LogP contribution is -2.59. The first-order chi connectivity index (χ1) is 12.5. The minimum absolute atomic E-state index is 0.195. The molecule has 7 nitrogen and oxygen atoms in total. The van der Waals surface area contributed by atoms with Crippen molar-refractivity contribution in [2.45, 2.75) is 50.2 Å². The molecule has 1 saturated carbocycles. The van der Waals surface area contributed by atoms with E-state index in [0.717, 1.165) is 18.7 Å². The zero-order chi connectivity index (χ0) is 18.7. The zero-order valence-corrected chi connectivity index (χ0v) is 15.5. The van der Waals surface area contributed by atoms with Gasteiger partial charge in [-0.3, -0.25) is 4.90 Å². The Hall–Kier alpha value is -1.99. The number of fused-ring (bicyclic) bond motifs is 3. The van der Waals surface area contributed by atoms with E-state index in [4.69, 9.17) is 20.3 Å². The van der Waals surface area contributed by atoms with Crippen LogP contribution in [0.15, 0.2) is 12.1 Å². The first-order valence-corrected chi connectivity index (χ1v) is 9.27. The molecule has 1 aromatic rings. The minimum Gasteiger partial charge on any atom is -0.493 e. The molecule has 3 aliphatic rings. The molecular formula is C19H29N3O4. The average molecular weight is 363 g/mol. The number of carbonyl (C=O) groups is 1. The summed E-state index contributed by atoms with van der Waals surface area (Å²) in [5.41, 5.74) is 8.67. The molecule has 1 aromatic carbocycles. The van der Waals surface area contributed by atoms with Crippen molar-refractivity contribution < 1.29 is 19.4 Å². The highest BCUT2D eigenvalue weighted by atomic mass is 16.5. The molecule has 2 heterocycles.